The van der Waals surface area contributed by atoms with Gasteiger partial charge in [-0.3, -0.25) is 4.99 Å². The number of amidine groups is 1. The van der Waals surface area contributed by atoms with E-state index in [0.29, 0.717) is 0 Å². The molecule has 0 aliphatic carbocycles. The second-order valence-corrected chi connectivity index (χ2v) is 11.1. The molecule has 5 heteroatoms. The number of nitrogens with zero attached hydrogens (tertiary/aromatic N) is 1. The molecule has 2 aliphatic rings. The Bertz CT molecular complexity index is 595. The van der Waals surface area contributed by atoms with Gasteiger partial charge in [-0.25, -0.2) is 0 Å². The van der Waals surface area contributed by atoms with Gasteiger partial charge in [0.2, 0.25) is 0 Å². The van der Waals surface area contributed by atoms with Crippen molar-refractivity contribution in [2.75, 3.05) is 0 Å². The third-order valence-electron chi connectivity index (χ3n) is 2.49. The SMILES string of the molecule is CC(C)(C)N=C1NC2=S(SC(c3ccccc3)=C2)S1. The Labute approximate surface area is 123 Å². The van der Waals surface area contributed by atoms with Gasteiger partial charge in [-0.15, -0.1) is 0 Å². The zero-order valence-corrected chi connectivity index (χ0v) is 13.6. The molecular formula is C14H16N2S3. The summed E-state index contributed by atoms with van der Waals surface area (Å²) in [5, 5.41) is 4.51. The molecule has 0 radical (unpaired) electrons. The topological polar surface area (TPSA) is 24.4 Å². The van der Waals surface area contributed by atoms with Crippen LogP contribution >= 0.6 is 30.1 Å². The largest absolute Gasteiger partial charge is 0.328 e. The Morgan fingerprint density at radius 1 is 1.11 bits per heavy atom. The van der Waals surface area contributed by atoms with E-state index in [1.54, 1.807) is 0 Å². The zero-order valence-electron chi connectivity index (χ0n) is 11.1. The fourth-order valence-corrected chi connectivity index (χ4v) is 7.97. The summed E-state index contributed by atoms with van der Waals surface area (Å²) in [5.74, 6) is 0. The molecule has 1 aromatic carbocycles. The third-order valence-corrected chi connectivity index (χ3v) is 8.48. The lowest BCUT2D eigenvalue weighted by molar-refractivity contribution is 0.584. The Balaban J connectivity index is 1.77. The minimum absolute atomic E-state index is 0.0182. The van der Waals surface area contributed by atoms with Crippen LogP contribution in [0.4, 0.5) is 0 Å². The van der Waals surface area contributed by atoms with Gasteiger partial charge >= 0.3 is 0 Å². The van der Waals surface area contributed by atoms with E-state index in [9.17, 15) is 0 Å². The van der Waals surface area contributed by atoms with Crippen molar-refractivity contribution in [3.8, 4) is 0 Å². The van der Waals surface area contributed by atoms with Gasteiger partial charge in [-0.1, -0.05) is 41.1 Å². The van der Waals surface area contributed by atoms with Crippen molar-refractivity contribution in [2.24, 2.45) is 4.99 Å². The van der Waals surface area contributed by atoms with E-state index in [1.807, 2.05) is 21.6 Å². The summed E-state index contributed by atoms with van der Waals surface area (Å²) in [6, 6.07) is 10.6. The van der Waals surface area contributed by atoms with Gasteiger partial charge in [0.1, 0.15) is 0 Å². The Hall–Kier alpha value is -0.650. The van der Waals surface area contributed by atoms with Crippen molar-refractivity contribution in [1.29, 1.82) is 0 Å². The minimum atomic E-state index is -0.0182. The van der Waals surface area contributed by atoms with Crippen LogP contribution in [0.3, 0.4) is 0 Å². The number of hydrogen-bond donors (Lipinski definition) is 1. The highest BCUT2D eigenvalue weighted by Gasteiger charge is 2.27. The number of benzene rings is 1. The van der Waals surface area contributed by atoms with Gasteiger partial charge < -0.3 is 5.32 Å². The molecule has 3 rings (SSSR count). The summed E-state index contributed by atoms with van der Waals surface area (Å²) in [6.45, 7) is 6.38. The van der Waals surface area contributed by atoms with E-state index >= 15 is 0 Å². The van der Waals surface area contributed by atoms with Crippen LogP contribution in [-0.4, -0.2) is 15.7 Å². The van der Waals surface area contributed by atoms with Crippen LogP contribution in [0.15, 0.2) is 41.4 Å². The van der Waals surface area contributed by atoms with Crippen LogP contribution < -0.4 is 5.32 Å². The fourth-order valence-electron chi connectivity index (χ4n) is 1.74. The first kappa shape index (κ1) is 13.3. The maximum Gasteiger partial charge on any atom is 0.173 e. The average Bonchev–Trinajstić information content (AvgIpc) is 2.85. The maximum atomic E-state index is 4.70. The first-order valence-corrected chi connectivity index (χ1v) is 10.0. The van der Waals surface area contributed by atoms with Gasteiger partial charge in [0, 0.05) is 4.91 Å². The van der Waals surface area contributed by atoms with Crippen LogP contribution in [0, 0.1) is 0 Å². The van der Waals surface area contributed by atoms with Crippen LogP contribution in [0.2, 0.25) is 0 Å². The molecule has 1 aromatic rings. The molecular weight excluding hydrogens is 292 g/mol. The summed E-state index contributed by atoms with van der Waals surface area (Å²) in [5.41, 5.74) is 1.29. The van der Waals surface area contributed by atoms with Crippen molar-refractivity contribution in [3.63, 3.8) is 0 Å². The van der Waals surface area contributed by atoms with Gasteiger partial charge in [0.25, 0.3) is 0 Å². The molecule has 2 heterocycles. The van der Waals surface area contributed by atoms with Gasteiger partial charge in [-0.2, -0.15) is 0 Å². The number of rotatable bonds is 1. The summed E-state index contributed by atoms with van der Waals surface area (Å²) in [4.78, 5) is 7.36. The molecule has 0 saturated carbocycles. The molecule has 0 saturated heterocycles. The number of aliphatic imine (C=N–C) groups is 1. The minimum Gasteiger partial charge on any atom is -0.328 e. The third kappa shape index (κ3) is 3.09. The summed E-state index contributed by atoms with van der Waals surface area (Å²) < 4.78 is 0. The molecule has 1 N–H and O–H groups in total. The van der Waals surface area contributed by atoms with Crippen molar-refractivity contribution in [2.45, 2.75) is 26.3 Å². The maximum absolute atomic E-state index is 4.70. The van der Waals surface area contributed by atoms with Crippen molar-refractivity contribution in [3.05, 3.63) is 42.0 Å². The molecule has 0 spiro atoms. The number of nitrogens with one attached hydrogen (secondary N) is 1. The molecule has 0 amide bonds. The molecule has 2 aliphatic heterocycles. The summed E-state index contributed by atoms with van der Waals surface area (Å²) in [7, 11) is 3.93. The lowest BCUT2D eigenvalue weighted by Gasteiger charge is -2.13. The standard InChI is InChI=1S/C14H16N2S3/c1-14(2,3)16-13-15-12-9-11(17-19(12)18-13)10-7-5-4-6-8-10/h4-9H,1-3H3,(H,15,16). The smallest absolute Gasteiger partial charge is 0.173 e. The van der Waals surface area contributed by atoms with Crippen LogP contribution in [0.25, 0.3) is 4.91 Å². The quantitative estimate of drug-likeness (QED) is 0.611. The van der Waals surface area contributed by atoms with E-state index in [4.69, 9.17) is 4.99 Å². The molecule has 1 unspecified atom stereocenters. The van der Waals surface area contributed by atoms with Crippen molar-refractivity contribution in [1.82, 2.24) is 5.32 Å². The second-order valence-electron chi connectivity index (χ2n) is 5.35. The first-order valence-electron chi connectivity index (χ1n) is 6.13. The molecule has 0 bridgehead atoms. The fraction of sp³-hybridized carbons (Fsp3) is 0.286. The number of hydrogen-bond acceptors (Lipinski definition) is 3. The second kappa shape index (κ2) is 5.04. The summed E-state index contributed by atoms with van der Waals surface area (Å²) >= 11 is 0. The normalized spacial score (nSPS) is 24.4. The highest BCUT2D eigenvalue weighted by Crippen LogP contribution is 2.57. The highest BCUT2D eigenvalue weighted by atomic mass is 33.5. The van der Waals surface area contributed by atoms with E-state index in [0.717, 1.165) is 5.17 Å². The van der Waals surface area contributed by atoms with Crippen LogP contribution in [-0.2, 0) is 0 Å². The van der Waals surface area contributed by atoms with Gasteiger partial charge in [-0.05, 0) is 51.8 Å². The van der Waals surface area contributed by atoms with E-state index in [2.05, 4.69) is 62.5 Å². The van der Waals surface area contributed by atoms with E-state index in [-0.39, 0.29) is 14.1 Å². The molecule has 1 atom stereocenters. The lowest BCUT2D eigenvalue weighted by atomic mass is 10.1. The Morgan fingerprint density at radius 3 is 2.47 bits per heavy atom. The van der Waals surface area contributed by atoms with Gasteiger partial charge in [0.15, 0.2) is 5.17 Å². The Kier molecular flexibility index (Phi) is 3.53. The predicted octanol–water partition coefficient (Wildman–Crippen LogP) is 4.49. The Morgan fingerprint density at radius 2 is 1.84 bits per heavy atom. The molecule has 19 heavy (non-hydrogen) atoms. The van der Waals surface area contributed by atoms with Crippen molar-refractivity contribution < 1.29 is 0 Å². The lowest BCUT2D eigenvalue weighted by Crippen LogP contribution is -2.24. The van der Waals surface area contributed by atoms with Crippen molar-refractivity contribution >= 4 is 45.2 Å². The molecule has 0 fully saturated rings. The highest BCUT2D eigenvalue weighted by molar-refractivity contribution is 9.20. The zero-order chi connectivity index (χ0) is 13.5. The average molecular weight is 308 g/mol. The molecule has 2 nitrogen and oxygen atoms in total. The first-order chi connectivity index (χ1) is 9.01. The summed E-state index contributed by atoms with van der Waals surface area (Å²) in [6.07, 6.45) is 2.27. The van der Waals surface area contributed by atoms with Crippen LogP contribution in [0.5, 0.6) is 0 Å². The van der Waals surface area contributed by atoms with E-state index < -0.39 is 0 Å². The van der Waals surface area contributed by atoms with E-state index in [1.165, 1.54) is 15.5 Å². The molecule has 0 aromatic heterocycles. The predicted molar refractivity (Wildman–Crippen MR) is 92.5 cm³/mol. The van der Waals surface area contributed by atoms with Gasteiger partial charge in [0.05, 0.1) is 10.5 Å². The monoisotopic (exact) mass is 308 g/mol. The van der Waals surface area contributed by atoms with Crippen LogP contribution in [0.1, 0.15) is 26.3 Å². The molecule has 100 valence electrons.